The molecule has 0 aliphatic carbocycles. The first-order chi connectivity index (χ1) is 11.9. The normalized spacial score (nSPS) is 18.2. The number of hydrogen-bond acceptors (Lipinski definition) is 6. The zero-order valence-corrected chi connectivity index (χ0v) is 13.4. The first-order valence-corrected chi connectivity index (χ1v) is 8.23. The third-order valence-corrected chi connectivity index (χ3v) is 4.27. The molecule has 0 bridgehead atoms. The highest BCUT2D eigenvalue weighted by molar-refractivity contribution is 5.42. The van der Waals surface area contributed by atoms with Gasteiger partial charge in [-0.1, -0.05) is 35.5 Å². The van der Waals surface area contributed by atoms with E-state index in [1.54, 1.807) is 12.3 Å². The van der Waals surface area contributed by atoms with Gasteiger partial charge in [0.25, 0.3) is 5.89 Å². The molecule has 24 heavy (non-hydrogen) atoms. The lowest BCUT2D eigenvalue weighted by molar-refractivity contribution is 0.319. The van der Waals surface area contributed by atoms with Crippen LogP contribution in [0.2, 0.25) is 0 Å². The standard InChI is InChI=1S/C18H20N4O2/c1-2-5-14(6-3-1)12-22-9-8-15(13-22)19-11-17-20-18(24-21-17)16-7-4-10-23-16/h1-7,10,15,19H,8-9,11-13H2. The Hall–Kier alpha value is -2.44. The molecule has 4 rings (SSSR count). The fourth-order valence-electron chi connectivity index (χ4n) is 3.05. The Morgan fingerprint density at radius 1 is 1.17 bits per heavy atom. The fraction of sp³-hybridized carbons (Fsp3) is 0.333. The molecule has 0 saturated carbocycles. The van der Waals surface area contributed by atoms with Crippen LogP contribution in [0.4, 0.5) is 0 Å². The van der Waals surface area contributed by atoms with Crippen LogP contribution in [0.25, 0.3) is 11.7 Å². The number of furan rings is 1. The molecule has 1 aliphatic heterocycles. The number of rotatable bonds is 6. The maximum absolute atomic E-state index is 5.26. The van der Waals surface area contributed by atoms with Crippen molar-refractivity contribution < 1.29 is 8.94 Å². The van der Waals surface area contributed by atoms with Crippen molar-refractivity contribution in [3.8, 4) is 11.7 Å². The van der Waals surface area contributed by atoms with Crippen LogP contribution in [-0.2, 0) is 13.1 Å². The number of nitrogens with one attached hydrogen (secondary N) is 1. The van der Waals surface area contributed by atoms with E-state index in [0.717, 1.165) is 26.1 Å². The van der Waals surface area contributed by atoms with Gasteiger partial charge in [-0.25, -0.2) is 0 Å². The largest absolute Gasteiger partial charge is 0.459 e. The van der Waals surface area contributed by atoms with Gasteiger partial charge in [0.2, 0.25) is 0 Å². The van der Waals surface area contributed by atoms with Crippen LogP contribution in [-0.4, -0.2) is 34.2 Å². The highest BCUT2D eigenvalue weighted by Crippen LogP contribution is 2.17. The van der Waals surface area contributed by atoms with Gasteiger partial charge in [0.05, 0.1) is 12.8 Å². The monoisotopic (exact) mass is 324 g/mol. The zero-order chi connectivity index (χ0) is 16.2. The van der Waals surface area contributed by atoms with Crippen LogP contribution >= 0.6 is 0 Å². The molecule has 3 heterocycles. The quantitative estimate of drug-likeness (QED) is 0.752. The third kappa shape index (κ3) is 3.55. The minimum atomic E-state index is 0.425. The average molecular weight is 324 g/mol. The van der Waals surface area contributed by atoms with Crippen molar-refractivity contribution in [1.82, 2.24) is 20.4 Å². The van der Waals surface area contributed by atoms with Crippen molar-refractivity contribution in [2.75, 3.05) is 13.1 Å². The first kappa shape index (κ1) is 15.1. The molecule has 1 saturated heterocycles. The number of nitrogens with zero attached hydrogens (tertiary/aromatic N) is 3. The van der Waals surface area contributed by atoms with E-state index in [2.05, 4.69) is 50.7 Å². The van der Waals surface area contributed by atoms with Crippen LogP contribution in [0, 0.1) is 0 Å². The molecule has 1 atom stereocenters. The molecule has 6 nitrogen and oxygen atoms in total. The summed E-state index contributed by atoms with van der Waals surface area (Å²) in [5.41, 5.74) is 1.36. The van der Waals surface area contributed by atoms with Gasteiger partial charge in [0.1, 0.15) is 0 Å². The molecule has 124 valence electrons. The van der Waals surface area contributed by atoms with Crippen LogP contribution < -0.4 is 5.32 Å². The van der Waals surface area contributed by atoms with E-state index in [-0.39, 0.29) is 0 Å². The van der Waals surface area contributed by atoms with Crippen molar-refractivity contribution in [2.24, 2.45) is 0 Å². The van der Waals surface area contributed by atoms with Crippen LogP contribution in [0.3, 0.4) is 0 Å². The highest BCUT2D eigenvalue weighted by atomic mass is 16.5. The molecule has 1 unspecified atom stereocenters. The first-order valence-electron chi connectivity index (χ1n) is 8.23. The maximum atomic E-state index is 5.26. The minimum Gasteiger partial charge on any atom is -0.459 e. The zero-order valence-electron chi connectivity index (χ0n) is 13.4. The van der Waals surface area contributed by atoms with E-state index in [9.17, 15) is 0 Å². The molecule has 1 aromatic carbocycles. The van der Waals surface area contributed by atoms with Crippen LogP contribution in [0.1, 0.15) is 17.8 Å². The van der Waals surface area contributed by atoms with Gasteiger partial charge < -0.3 is 14.3 Å². The molecule has 2 aromatic heterocycles. The van der Waals surface area contributed by atoms with Crippen molar-refractivity contribution in [3.63, 3.8) is 0 Å². The van der Waals surface area contributed by atoms with Crippen LogP contribution in [0.15, 0.2) is 57.7 Å². The number of hydrogen-bond donors (Lipinski definition) is 1. The van der Waals surface area contributed by atoms with Crippen LogP contribution in [0.5, 0.6) is 0 Å². The van der Waals surface area contributed by atoms with Crippen molar-refractivity contribution >= 4 is 0 Å². The Bertz CT molecular complexity index is 754. The molecular weight excluding hydrogens is 304 g/mol. The summed E-state index contributed by atoms with van der Waals surface area (Å²) in [6.45, 7) is 3.76. The van der Waals surface area contributed by atoms with Gasteiger partial charge in [0.15, 0.2) is 11.6 Å². The predicted molar refractivity (Wildman–Crippen MR) is 89.0 cm³/mol. The Morgan fingerprint density at radius 3 is 2.92 bits per heavy atom. The SMILES string of the molecule is c1ccc(CN2CCC(NCc3noc(-c4ccco4)n3)C2)cc1. The lowest BCUT2D eigenvalue weighted by Crippen LogP contribution is -2.32. The lowest BCUT2D eigenvalue weighted by atomic mass is 10.2. The second-order valence-corrected chi connectivity index (χ2v) is 6.08. The molecule has 3 aromatic rings. The van der Waals surface area contributed by atoms with E-state index in [0.29, 0.717) is 30.1 Å². The van der Waals surface area contributed by atoms with Crippen molar-refractivity contribution in [1.29, 1.82) is 0 Å². The summed E-state index contributed by atoms with van der Waals surface area (Å²) in [6.07, 6.45) is 2.73. The number of aromatic nitrogens is 2. The van der Waals surface area contributed by atoms with Crippen molar-refractivity contribution in [3.05, 3.63) is 60.1 Å². The third-order valence-electron chi connectivity index (χ3n) is 4.27. The van der Waals surface area contributed by atoms with E-state index in [1.165, 1.54) is 5.56 Å². The second-order valence-electron chi connectivity index (χ2n) is 6.08. The van der Waals surface area contributed by atoms with E-state index < -0.39 is 0 Å². The van der Waals surface area contributed by atoms with Gasteiger partial charge in [-0.15, -0.1) is 0 Å². The highest BCUT2D eigenvalue weighted by Gasteiger charge is 2.22. The summed E-state index contributed by atoms with van der Waals surface area (Å²) >= 11 is 0. The van der Waals surface area contributed by atoms with E-state index in [4.69, 9.17) is 8.94 Å². The molecule has 0 spiro atoms. The van der Waals surface area contributed by atoms with Crippen molar-refractivity contribution in [2.45, 2.75) is 25.6 Å². The summed E-state index contributed by atoms with van der Waals surface area (Å²) in [7, 11) is 0. The van der Waals surface area contributed by atoms with E-state index >= 15 is 0 Å². The lowest BCUT2D eigenvalue weighted by Gasteiger charge is -2.16. The number of likely N-dealkylation sites (tertiary alicyclic amines) is 1. The second kappa shape index (κ2) is 6.98. The molecule has 1 aliphatic rings. The van der Waals surface area contributed by atoms with Gasteiger partial charge in [-0.2, -0.15) is 4.98 Å². The fourth-order valence-corrected chi connectivity index (χ4v) is 3.05. The summed E-state index contributed by atoms with van der Waals surface area (Å²) < 4.78 is 10.5. The number of benzene rings is 1. The molecule has 1 fully saturated rings. The predicted octanol–water partition coefficient (Wildman–Crippen LogP) is 2.69. The topological polar surface area (TPSA) is 67.3 Å². The molecular formula is C18H20N4O2. The molecule has 1 N–H and O–H groups in total. The maximum Gasteiger partial charge on any atom is 0.293 e. The Morgan fingerprint density at radius 2 is 2.08 bits per heavy atom. The molecule has 0 amide bonds. The Labute approximate surface area is 140 Å². The summed E-state index contributed by atoms with van der Waals surface area (Å²) in [6, 6.07) is 14.7. The summed E-state index contributed by atoms with van der Waals surface area (Å²) in [4.78, 5) is 6.82. The summed E-state index contributed by atoms with van der Waals surface area (Å²) in [5.74, 6) is 1.68. The minimum absolute atomic E-state index is 0.425. The Kier molecular flexibility index (Phi) is 4.40. The smallest absolute Gasteiger partial charge is 0.293 e. The molecule has 6 heteroatoms. The Balaban J connectivity index is 1.27. The summed E-state index contributed by atoms with van der Waals surface area (Å²) in [5, 5.41) is 7.51. The van der Waals surface area contributed by atoms with Gasteiger partial charge in [0, 0.05) is 25.7 Å². The van der Waals surface area contributed by atoms with Gasteiger partial charge in [-0.05, 0) is 24.1 Å². The van der Waals surface area contributed by atoms with E-state index in [1.807, 2.05) is 6.07 Å². The van der Waals surface area contributed by atoms with Gasteiger partial charge in [-0.3, -0.25) is 4.90 Å². The van der Waals surface area contributed by atoms with Gasteiger partial charge >= 0.3 is 0 Å². The molecule has 0 radical (unpaired) electrons. The average Bonchev–Trinajstić information content (AvgIpc) is 3.35.